The van der Waals surface area contributed by atoms with Crippen molar-refractivity contribution in [3.05, 3.63) is 52.9 Å². The number of ether oxygens (including phenoxy) is 1. The number of hydrogen-bond acceptors (Lipinski definition) is 3. The first-order chi connectivity index (χ1) is 9.19. The van der Waals surface area contributed by atoms with Crippen molar-refractivity contribution in [3.63, 3.8) is 0 Å². The van der Waals surface area contributed by atoms with Crippen LogP contribution in [-0.2, 0) is 6.54 Å². The van der Waals surface area contributed by atoms with Crippen molar-refractivity contribution in [2.75, 3.05) is 6.54 Å². The maximum Gasteiger partial charge on any atom is 0.219 e. The van der Waals surface area contributed by atoms with Gasteiger partial charge in [0.2, 0.25) is 5.88 Å². The second-order valence-corrected chi connectivity index (χ2v) is 4.32. The summed E-state index contributed by atoms with van der Waals surface area (Å²) in [7, 11) is 0. The normalized spacial score (nSPS) is 10.5. The zero-order valence-electron chi connectivity index (χ0n) is 10.5. The van der Waals surface area contributed by atoms with E-state index in [9.17, 15) is 4.39 Å². The predicted octanol–water partition coefficient (Wildman–Crippen LogP) is 3.78. The number of halogens is 2. The first-order valence-corrected chi connectivity index (χ1v) is 6.36. The molecule has 0 radical (unpaired) electrons. The molecule has 0 aliphatic heterocycles. The maximum atomic E-state index is 13.0. The molecule has 0 atom stereocenters. The Bertz CT molecular complexity index is 563. The minimum absolute atomic E-state index is 0.348. The predicted molar refractivity (Wildman–Crippen MR) is 73.1 cm³/mol. The van der Waals surface area contributed by atoms with Gasteiger partial charge in [-0.15, -0.1) is 0 Å². The maximum absolute atomic E-state index is 13.0. The Labute approximate surface area is 116 Å². The molecule has 5 heteroatoms. The van der Waals surface area contributed by atoms with E-state index in [1.165, 1.54) is 12.1 Å². The fourth-order valence-electron chi connectivity index (χ4n) is 1.54. The minimum Gasteiger partial charge on any atom is -0.439 e. The molecule has 1 aromatic carbocycles. The third-order valence-corrected chi connectivity index (χ3v) is 2.80. The summed E-state index contributed by atoms with van der Waals surface area (Å²) in [6.45, 7) is 3.39. The topological polar surface area (TPSA) is 34.2 Å². The van der Waals surface area contributed by atoms with Crippen LogP contribution in [0.25, 0.3) is 0 Å². The van der Waals surface area contributed by atoms with Crippen LogP contribution in [0.3, 0.4) is 0 Å². The highest BCUT2D eigenvalue weighted by Crippen LogP contribution is 2.23. The molecular weight excluding hydrogens is 267 g/mol. The molecule has 1 aromatic heterocycles. The molecule has 19 heavy (non-hydrogen) atoms. The van der Waals surface area contributed by atoms with Crippen molar-refractivity contribution in [2.24, 2.45) is 0 Å². The second kappa shape index (κ2) is 6.50. The quantitative estimate of drug-likeness (QED) is 0.905. The van der Waals surface area contributed by atoms with Crippen molar-refractivity contribution in [1.29, 1.82) is 0 Å². The first kappa shape index (κ1) is 13.8. The Morgan fingerprint density at radius 1 is 1.32 bits per heavy atom. The molecule has 0 saturated carbocycles. The molecule has 3 nitrogen and oxygen atoms in total. The van der Waals surface area contributed by atoms with Crippen LogP contribution in [0, 0.1) is 5.82 Å². The fourth-order valence-corrected chi connectivity index (χ4v) is 1.71. The van der Waals surface area contributed by atoms with Crippen LogP contribution in [0.2, 0.25) is 5.02 Å². The van der Waals surface area contributed by atoms with Crippen LogP contribution in [0.4, 0.5) is 4.39 Å². The molecule has 100 valence electrons. The van der Waals surface area contributed by atoms with Crippen molar-refractivity contribution in [3.8, 4) is 11.6 Å². The third-order valence-electron chi connectivity index (χ3n) is 2.45. The summed E-state index contributed by atoms with van der Waals surface area (Å²) in [5.41, 5.74) is 0.706. The van der Waals surface area contributed by atoms with E-state index in [2.05, 4.69) is 10.3 Å². The lowest BCUT2D eigenvalue weighted by atomic mass is 10.3. The molecule has 0 aliphatic rings. The lowest BCUT2D eigenvalue weighted by Crippen LogP contribution is -2.13. The third kappa shape index (κ3) is 3.91. The molecular formula is C14H14ClFN2O. The Morgan fingerprint density at radius 2 is 2.16 bits per heavy atom. The van der Waals surface area contributed by atoms with Crippen LogP contribution in [0.15, 0.2) is 36.4 Å². The number of benzene rings is 1. The Hall–Kier alpha value is -1.65. The van der Waals surface area contributed by atoms with E-state index in [0.29, 0.717) is 28.9 Å². The molecule has 0 amide bonds. The van der Waals surface area contributed by atoms with Gasteiger partial charge in [0.25, 0.3) is 0 Å². The molecule has 2 rings (SSSR count). The van der Waals surface area contributed by atoms with E-state index in [1.807, 2.05) is 6.92 Å². The monoisotopic (exact) mass is 280 g/mol. The van der Waals surface area contributed by atoms with Gasteiger partial charge in [-0.2, -0.15) is 0 Å². The van der Waals surface area contributed by atoms with E-state index in [-0.39, 0.29) is 5.82 Å². The van der Waals surface area contributed by atoms with Gasteiger partial charge in [-0.1, -0.05) is 24.6 Å². The smallest absolute Gasteiger partial charge is 0.219 e. The Kier molecular flexibility index (Phi) is 4.71. The van der Waals surface area contributed by atoms with Crippen LogP contribution < -0.4 is 10.1 Å². The lowest BCUT2D eigenvalue weighted by molar-refractivity contribution is 0.455. The number of rotatable bonds is 5. The largest absolute Gasteiger partial charge is 0.439 e. The van der Waals surface area contributed by atoms with Crippen LogP contribution in [0.1, 0.15) is 12.6 Å². The van der Waals surface area contributed by atoms with Gasteiger partial charge in [-0.25, -0.2) is 9.37 Å². The van der Waals surface area contributed by atoms with Crippen LogP contribution in [-0.4, -0.2) is 11.5 Å². The van der Waals surface area contributed by atoms with E-state index in [1.54, 1.807) is 24.3 Å². The molecule has 0 spiro atoms. The van der Waals surface area contributed by atoms with Crippen molar-refractivity contribution < 1.29 is 9.13 Å². The zero-order valence-corrected chi connectivity index (χ0v) is 11.2. The van der Waals surface area contributed by atoms with Gasteiger partial charge in [0, 0.05) is 18.7 Å². The fraction of sp³-hybridized carbons (Fsp3) is 0.214. The van der Waals surface area contributed by atoms with Crippen molar-refractivity contribution in [2.45, 2.75) is 13.5 Å². The van der Waals surface area contributed by atoms with E-state index < -0.39 is 0 Å². The van der Waals surface area contributed by atoms with Crippen LogP contribution >= 0.6 is 11.6 Å². The number of nitrogens with one attached hydrogen (secondary N) is 1. The summed E-state index contributed by atoms with van der Waals surface area (Å²) in [4.78, 5) is 4.30. The van der Waals surface area contributed by atoms with Gasteiger partial charge >= 0.3 is 0 Å². The van der Waals surface area contributed by atoms with Gasteiger partial charge in [0.1, 0.15) is 11.6 Å². The van der Waals surface area contributed by atoms with Gasteiger partial charge < -0.3 is 10.1 Å². The average Bonchev–Trinajstić information content (AvgIpc) is 2.39. The first-order valence-electron chi connectivity index (χ1n) is 5.98. The highest BCUT2D eigenvalue weighted by molar-refractivity contribution is 6.31. The molecule has 0 unspecified atom stereocenters. The van der Waals surface area contributed by atoms with Crippen molar-refractivity contribution >= 4 is 11.6 Å². The molecule has 1 heterocycles. The summed E-state index contributed by atoms with van der Waals surface area (Å²) in [5.74, 6) is 0.450. The van der Waals surface area contributed by atoms with Gasteiger partial charge in [0.05, 0.1) is 10.7 Å². The van der Waals surface area contributed by atoms with E-state index >= 15 is 0 Å². The molecule has 0 fully saturated rings. The SMILES string of the molecule is CCNCc1nc(Oc2cccc(F)c2)ccc1Cl. The highest BCUT2D eigenvalue weighted by atomic mass is 35.5. The number of hydrogen-bond donors (Lipinski definition) is 1. The van der Waals surface area contributed by atoms with Crippen molar-refractivity contribution in [1.82, 2.24) is 10.3 Å². The van der Waals surface area contributed by atoms with E-state index in [0.717, 1.165) is 6.54 Å². The van der Waals surface area contributed by atoms with Gasteiger partial charge in [0.15, 0.2) is 0 Å². The minimum atomic E-state index is -0.348. The average molecular weight is 281 g/mol. The summed E-state index contributed by atoms with van der Waals surface area (Å²) in [5, 5.41) is 3.72. The Morgan fingerprint density at radius 3 is 2.89 bits per heavy atom. The molecule has 0 bridgehead atoms. The summed E-state index contributed by atoms with van der Waals surface area (Å²) < 4.78 is 18.5. The van der Waals surface area contributed by atoms with Gasteiger partial charge in [-0.05, 0) is 24.7 Å². The summed E-state index contributed by atoms with van der Waals surface area (Å²) in [6, 6.07) is 9.29. The molecule has 2 aromatic rings. The van der Waals surface area contributed by atoms with E-state index in [4.69, 9.17) is 16.3 Å². The zero-order chi connectivity index (χ0) is 13.7. The Balaban J connectivity index is 2.16. The standard InChI is InChI=1S/C14H14ClFN2O/c1-2-17-9-13-12(15)6-7-14(18-13)19-11-5-3-4-10(16)8-11/h3-8,17H,2,9H2,1H3. The second-order valence-electron chi connectivity index (χ2n) is 3.92. The highest BCUT2D eigenvalue weighted by Gasteiger charge is 2.06. The van der Waals surface area contributed by atoms with Crippen LogP contribution in [0.5, 0.6) is 11.6 Å². The molecule has 0 aliphatic carbocycles. The summed E-state index contributed by atoms with van der Waals surface area (Å²) in [6.07, 6.45) is 0. The summed E-state index contributed by atoms with van der Waals surface area (Å²) >= 11 is 6.04. The lowest BCUT2D eigenvalue weighted by Gasteiger charge is -2.08. The van der Waals surface area contributed by atoms with Gasteiger partial charge in [-0.3, -0.25) is 0 Å². The number of aromatic nitrogens is 1. The number of nitrogens with zero attached hydrogens (tertiary/aromatic N) is 1. The molecule has 1 N–H and O–H groups in total. The number of pyridine rings is 1. The molecule has 0 saturated heterocycles.